The van der Waals surface area contributed by atoms with Gasteiger partial charge < -0.3 is 15.0 Å². The number of piperazine rings is 1. The van der Waals surface area contributed by atoms with Crippen LogP contribution in [-0.2, 0) is 10.0 Å². The van der Waals surface area contributed by atoms with Gasteiger partial charge in [-0.15, -0.1) is 13.2 Å². The van der Waals surface area contributed by atoms with Gasteiger partial charge in [0.15, 0.2) is 5.03 Å². The minimum atomic E-state index is -5.00. The Kier molecular flexibility index (Phi) is 7.50. The molecule has 1 saturated carbocycles. The number of alkyl halides is 5. The molecule has 1 saturated heterocycles. The maximum Gasteiger partial charge on any atom is 0.573 e. The molecule has 15 heteroatoms. The predicted octanol–water partition coefficient (Wildman–Crippen LogP) is 2.99. The molecular weight excluding hydrogens is 525 g/mol. The van der Waals surface area contributed by atoms with Crippen LogP contribution in [0.2, 0.25) is 0 Å². The number of aromatic nitrogens is 2. The van der Waals surface area contributed by atoms with Gasteiger partial charge in [0.25, 0.3) is 15.9 Å². The van der Waals surface area contributed by atoms with Gasteiger partial charge in [0.2, 0.25) is 5.92 Å². The highest BCUT2D eigenvalue weighted by molar-refractivity contribution is 7.89. The number of para-hydroxylation sites is 1. The summed E-state index contributed by atoms with van der Waals surface area (Å²) in [6, 6.07) is 4.86. The number of benzene rings is 1. The van der Waals surface area contributed by atoms with Crippen LogP contribution in [0.1, 0.15) is 36.0 Å². The van der Waals surface area contributed by atoms with Gasteiger partial charge >= 0.3 is 6.36 Å². The number of carbonyl (C=O) groups excluding carboxylic acids is 1. The van der Waals surface area contributed by atoms with Crippen molar-refractivity contribution in [2.24, 2.45) is 0 Å². The van der Waals surface area contributed by atoms with Gasteiger partial charge in [-0.25, -0.2) is 22.2 Å². The third-order valence-corrected chi connectivity index (χ3v) is 8.67. The summed E-state index contributed by atoms with van der Waals surface area (Å²) in [5, 5.41) is 2.55. The first-order valence-electron chi connectivity index (χ1n) is 11.6. The largest absolute Gasteiger partial charge is 0.573 e. The number of aromatic amines is 1. The number of hydrogen-bond donors (Lipinski definition) is 2. The first kappa shape index (κ1) is 27.3. The Labute approximate surface area is 210 Å². The lowest BCUT2D eigenvalue weighted by Gasteiger charge is -2.50. The summed E-state index contributed by atoms with van der Waals surface area (Å²) in [6.45, 7) is 0.534. The molecule has 2 heterocycles. The van der Waals surface area contributed by atoms with Crippen molar-refractivity contribution in [3.05, 3.63) is 42.4 Å². The Morgan fingerprint density at radius 2 is 1.73 bits per heavy atom. The highest BCUT2D eigenvalue weighted by Gasteiger charge is 2.48. The Bertz CT molecular complexity index is 1190. The molecule has 0 spiro atoms. The van der Waals surface area contributed by atoms with Crippen LogP contribution in [0, 0.1) is 0 Å². The number of carbonyl (C=O) groups is 1. The van der Waals surface area contributed by atoms with E-state index in [1.165, 1.54) is 35.0 Å². The van der Waals surface area contributed by atoms with Crippen LogP contribution < -0.4 is 10.1 Å². The summed E-state index contributed by atoms with van der Waals surface area (Å²) in [6.07, 6.45) is -3.36. The maximum atomic E-state index is 14.0. The van der Waals surface area contributed by atoms with Crippen molar-refractivity contribution < 1.29 is 39.9 Å². The van der Waals surface area contributed by atoms with Gasteiger partial charge in [0.05, 0.1) is 18.1 Å². The molecule has 1 amide bonds. The zero-order chi connectivity index (χ0) is 26.9. The number of nitrogens with zero attached hydrogens (tertiary/aromatic N) is 3. The first-order valence-corrected chi connectivity index (χ1v) is 13.0. The molecule has 37 heavy (non-hydrogen) atoms. The number of halogens is 5. The zero-order valence-electron chi connectivity index (χ0n) is 19.6. The van der Waals surface area contributed by atoms with E-state index in [4.69, 9.17) is 0 Å². The number of H-pyrrole nitrogens is 1. The second-order valence-electron chi connectivity index (χ2n) is 9.11. The van der Waals surface area contributed by atoms with Crippen LogP contribution in [0.15, 0.2) is 41.8 Å². The number of nitrogens with one attached hydrogen (secondary N) is 2. The molecule has 1 aliphatic carbocycles. The second-order valence-corrected chi connectivity index (χ2v) is 11.0. The molecule has 0 atom stereocenters. The van der Waals surface area contributed by atoms with E-state index in [0.29, 0.717) is 0 Å². The number of ether oxygens (including phenoxy) is 1. The quantitative estimate of drug-likeness (QED) is 0.513. The molecule has 2 N–H and O–H groups in total. The maximum absolute atomic E-state index is 14.0. The molecule has 2 aromatic rings. The highest BCUT2D eigenvalue weighted by atomic mass is 32.2. The van der Waals surface area contributed by atoms with Crippen LogP contribution in [0.25, 0.3) is 0 Å². The zero-order valence-corrected chi connectivity index (χ0v) is 20.4. The molecule has 0 unspecified atom stereocenters. The van der Waals surface area contributed by atoms with Crippen LogP contribution >= 0.6 is 0 Å². The van der Waals surface area contributed by atoms with Gasteiger partial charge in [-0.2, -0.15) is 4.31 Å². The average molecular weight is 552 g/mol. The van der Waals surface area contributed by atoms with Crippen LogP contribution in [0.4, 0.5) is 22.0 Å². The molecule has 204 valence electrons. The van der Waals surface area contributed by atoms with Crippen molar-refractivity contribution in [3.8, 4) is 5.75 Å². The van der Waals surface area contributed by atoms with E-state index in [9.17, 15) is 35.2 Å². The van der Waals surface area contributed by atoms with Crippen LogP contribution in [0.3, 0.4) is 0 Å². The van der Waals surface area contributed by atoms with E-state index < -0.39 is 52.3 Å². The molecular formula is C22H26F5N5O4S. The Hall–Kier alpha value is -2.78. The molecule has 1 aromatic heterocycles. The monoisotopic (exact) mass is 551 g/mol. The van der Waals surface area contributed by atoms with E-state index in [1.54, 1.807) is 0 Å². The molecule has 2 aliphatic rings. The predicted molar refractivity (Wildman–Crippen MR) is 121 cm³/mol. The van der Waals surface area contributed by atoms with E-state index in [2.05, 4.69) is 20.0 Å². The summed E-state index contributed by atoms with van der Waals surface area (Å²) in [5.41, 5.74) is -1.26. The van der Waals surface area contributed by atoms with Crippen molar-refractivity contribution in [2.75, 3.05) is 32.7 Å². The summed E-state index contributed by atoms with van der Waals surface area (Å²) < 4.78 is 97.1. The van der Waals surface area contributed by atoms with Crippen LogP contribution in [-0.4, -0.2) is 84.0 Å². The number of sulfonamides is 1. The van der Waals surface area contributed by atoms with E-state index in [1.807, 2.05) is 4.90 Å². The lowest BCUT2D eigenvalue weighted by atomic mass is 9.78. The third kappa shape index (κ3) is 6.21. The van der Waals surface area contributed by atoms with Crippen LogP contribution in [0.5, 0.6) is 5.75 Å². The molecule has 0 radical (unpaired) electrons. The number of amides is 1. The summed E-state index contributed by atoms with van der Waals surface area (Å²) in [5.74, 6) is -4.38. The first-order chi connectivity index (χ1) is 17.3. The van der Waals surface area contributed by atoms with Crippen molar-refractivity contribution in [1.29, 1.82) is 0 Å². The molecule has 1 aromatic carbocycles. The molecule has 4 rings (SSSR count). The standard InChI is InChI=1S/C22H26F5N5O4S/c23-21(24)7-5-20(6-8-21,14-29-19(33)16-3-1-2-4-17(16)36-22(25,26)27)31-9-11-32(12-10-31)37(34,35)18-13-28-15-30-18/h1-4,13,15H,5-12,14H2,(H,28,30)(H,29,33). The second kappa shape index (κ2) is 10.2. The van der Waals surface area contributed by atoms with E-state index in [-0.39, 0.29) is 56.2 Å². The number of rotatable bonds is 7. The lowest BCUT2D eigenvalue weighted by molar-refractivity contribution is -0.274. The Morgan fingerprint density at radius 1 is 1.08 bits per heavy atom. The normalized spacial score (nSPS) is 20.9. The fourth-order valence-electron chi connectivity index (χ4n) is 4.82. The SMILES string of the molecule is O=C(NCC1(N2CCN(S(=O)(=O)c3cnc[nH]3)CC2)CCC(F)(F)CC1)c1ccccc1OC(F)(F)F. The number of hydrogen-bond acceptors (Lipinski definition) is 6. The molecule has 2 fully saturated rings. The average Bonchev–Trinajstić information content (AvgIpc) is 3.39. The topological polar surface area (TPSA) is 108 Å². The lowest BCUT2D eigenvalue weighted by Crippen LogP contribution is -2.63. The molecule has 1 aliphatic heterocycles. The minimum absolute atomic E-state index is 0.0221. The third-order valence-electron chi connectivity index (χ3n) is 6.85. The van der Waals surface area contributed by atoms with Gasteiger partial charge in [0.1, 0.15) is 5.75 Å². The smallest absolute Gasteiger partial charge is 0.405 e. The van der Waals surface area contributed by atoms with Crippen molar-refractivity contribution in [3.63, 3.8) is 0 Å². The van der Waals surface area contributed by atoms with Crippen molar-refractivity contribution in [2.45, 2.75) is 48.5 Å². The fraction of sp³-hybridized carbons (Fsp3) is 0.545. The Balaban J connectivity index is 1.48. The molecule has 0 bridgehead atoms. The summed E-state index contributed by atoms with van der Waals surface area (Å²) in [7, 11) is -3.80. The van der Waals surface area contributed by atoms with Crippen molar-refractivity contribution >= 4 is 15.9 Å². The highest BCUT2D eigenvalue weighted by Crippen LogP contribution is 2.42. The minimum Gasteiger partial charge on any atom is -0.405 e. The Morgan fingerprint density at radius 3 is 2.32 bits per heavy atom. The van der Waals surface area contributed by atoms with Gasteiger partial charge in [0, 0.05) is 51.1 Å². The van der Waals surface area contributed by atoms with Gasteiger partial charge in [-0.1, -0.05) is 12.1 Å². The fourth-order valence-corrected chi connectivity index (χ4v) is 6.14. The summed E-state index contributed by atoms with van der Waals surface area (Å²) >= 11 is 0. The van der Waals surface area contributed by atoms with Gasteiger partial charge in [-0.05, 0) is 25.0 Å². The summed E-state index contributed by atoms with van der Waals surface area (Å²) in [4.78, 5) is 21.0. The van der Waals surface area contributed by atoms with Gasteiger partial charge in [-0.3, -0.25) is 9.69 Å². The number of imidazole rings is 1. The van der Waals surface area contributed by atoms with Crippen molar-refractivity contribution in [1.82, 2.24) is 24.5 Å². The van der Waals surface area contributed by atoms with E-state index in [0.717, 1.165) is 6.07 Å². The van der Waals surface area contributed by atoms with E-state index >= 15 is 0 Å². The molecule has 9 nitrogen and oxygen atoms in total.